The van der Waals surface area contributed by atoms with Gasteiger partial charge in [-0.1, -0.05) is 12.1 Å². The summed E-state index contributed by atoms with van der Waals surface area (Å²) in [4.78, 5) is 0.0419. The molecule has 0 aliphatic carbocycles. The molecule has 0 aliphatic rings. The summed E-state index contributed by atoms with van der Waals surface area (Å²) in [5.41, 5.74) is 1.61. The van der Waals surface area contributed by atoms with E-state index < -0.39 is 9.05 Å². The molecule has 0 heterocycles. The van der Waals surface area contributed by atoms with E-state index in [9.17, 15) is 8.42 Å². The van der Waals surface area contributed by atoms with Crippen molar-refractivity contribution in [2.45, 2.75) is 31.6 Å². The molecular formula is C13H17ClO3S. The Morgan fingerprint density at radius 3 is 2.61 bits per heavy atom. The maximum absolute atomic E-state index is 11.5. The number of hydrogen-bond acceptors (Lipinski definition) is 3. The van der Waals surface area contributed by atoms with Crippen molar-refractivity contribution in [2.24, 2.45) is 0 Å². The van der Waals surface area contributed by atoms with Crippen LogP contribution < -0.4 is 4.74 Å². The molecule has 0 N–H and O–H groups in total. The lowest BCUT2D eigenvalue weighted by molar-refractivity contribution is 0.302. The van der Waals surface area contributed by atoms with E-state index in [1.807, 2.05) is 13.0 Å². The highest BCUT2D eigenvalue weighted by Gasteiger charge is 2.19. The third-order valence-corrected chi connectivity index (χ3v) is 3.77. The predicted octanol–water partition coefficient (Wildman–Crippen LogP) is 3.58. The van der Waals surface area contributed by atoms with Crippen LogP contribution in [-0.4, -0.2) is 15.0 Å². The van der Waals surface area contributed by atoms with Crippen molar-refractivity contribution in [3.05, 3.63) is 35.9 Å². The van der Waals surface area contributed by atoms with Gasteiger partial charge in [-0.05, 0) is 43.9 Å². The molecule has 0 aliphatic heterocycles. The first-order valence-electron chi connectivity index (χ1n) is 5.66. The number of rotatable bonds is 6. The zero-order valence-corrected chi connectivity index (χ0v) is 12.1. The van der Waals surface area contributed by atoms with Gasteiger partial charge >= 0.3 is 0 Å². The van der Waals surface area contributed by atoms with Crippen LogP contribution in [0.1, 0.15) is 24.0 Å². The van der Waals surface area contributed by atoms with Crippen molar-refractivity contribution in [1.82, 2.24) is 0 Å². The number of allylic oxidation sites excluding steroid dienone is 1. The van der Waals surface area contributed by atoms with Crippen LogP contribution in [-0.2, 0) is 9.05 Å². The molecule has 1 aromatic rings. The average molecular weight is 289 g/mol. The van der Waals surface area contributed by atoms with E-state index in [0.29, 0.717) is 12.4 Å². The van der Waals surface area contributed by atoms with Gasteiger partial charge in [-0.3, -0.25) is 0 Å². The quantitative estimate of drug-likeness (QED) is 0.456. The molecule has 0 fully saturated rings. The maximum Gasteiger partial charge on any atom is 0.265 e. The van der Waals surface area contributed by atoms with E-state index in [2.05, 4.69) is 6.58 Å². The second-order valence-corrected chi connectivity index (χ2v) is 6.66. The largest absolute Gasteiger partial charge is 0.492 e. The second kappa shape index (κ2) is 6.25. The Morgan fingerprint density at radius 2 is 2.06 bits per heavy atom. The van der Waals surface area contributed by atoms with Crippen molar-refractivity contribution >= 4 is 19.7 Å². The molecule has 0 atom stereocenters. The Bertz CT molecular complexity index is 535. The number of benzene rings is 1. The lowest BCUT2D eigenvalue weighted by Gasteiger charge is -2.13. The summed E-state index contributed by atoms with van der Waals surface area (Å²) in [6, 6.07) is 3.40. The van der Waals surface area contributed by atoms with Gasteiger partial charge in [-0.25, -0.2) is 8.42 Å². The molecule has 0 amide bonds. The Labute approximate surface area is 113 Å². The smallest absolute Gasteiger partial charge is 0.265 e. The summed E-state index contributed by atoms with van der Waals surface area (Å²) in [5.74, 6) is 0.347. The van der Waals surface area contributed by atoms with Crippen LogP contribution >= 0.6 is 10.7 Å². The fourth-order valence-corrected chi connectivity index (χ4v) is 2.80. The van der Waals surface area contributed by atoms with Gasteiger partial charge in [-0.15, -0.1) is 6.58 Å². The first kappa shape index (κ1) is 15.1. The van der Waals surface area contributed by atoms with Gasteiger partial charge in [0.25, 0.3) is 9.05 Å². The molecule has 0 spiro atoms. The second-order valence-electron chi connectivity index (χ2n) is 4.13. The van der Waals surface area contributed by atoms with Crippen LogP contribution in [0.15, 0.2) is 29.7 Å². The molecule has 0 aromatic heterocycles. The van der Waals surface area contributed by atoms with E-state index in [1.165, 1.54) is 6.07 Å². The van der Waals surface area contributed by atoms with E-state index in [0.717, 1.165) is 24.0 Å². The van der Waals surface area contributed by atoms with Crippen molar-refractivity contribution in [1.29, 1.82) is 0 Å². The normalized spacial score (nSPS) is 11.3. The number of unbranched alkanes of at least 4 members (excludes halogenated alkanes) is 1. The SMILES string of the molecule is C=CCCCOc1c(C)cc(C)cc1S(=O)(=O)Cl. The molecule has 3 nitrogen and oxygen atoms in total. The van der Waals surface area contributed by atoms with Crippen molar-refractivity contribution in [2.75, 3.05) is 6.61 Å². The summed E-state index contributed by atoms with van der Waals surface area (Å²) >= 11 is 0. The molecular weight excluding hydrogens is 272 g/mol. The van der Waals surface area contributed by atoms with Gasteiger partial charge in [0.05, 0.1) is 6.61 Å². The summed E-state index contributed by atoms with van der Waals surface area (Å²) < 4.78 is 28.6. The fraction of sp³-hybridized carbons (Fsp3) is 0.385. The topological polar surface area (TPSA) is 43.4 Å². The van der Waals surface area contributed by atoms with Gasteiger partial charge < -0.3 is 4.74 Å². The minimum absolute atomic E-state index is 0.0419. The van der Waals surface area contributed by atoms with Gasteiger partial charge in [-0.2, -0.15) is 0 Å². The molecule has 100 valence electrons. The van der Waals surface area contributed by atoms with E-state index in [-0.39, 0.29) is 4.90 Å². The first-order chi connectivity index (χ1) is 8.36. The molecule has 0 radical (unpaired) electrons. The number of aryl methyl sites for hydroxylation is 2. The van der Waals surface area contributed by atoms with Gasteiger partial charge in [0.2, 0.25) is 0 Å². The van der Waals surface area contributed by atoms with Crippen molar-refractivity contribution < 1.29 is 13.2 Å². The van der Waals surface area contributed by atoms with Crippen LogP contribution in [0, 0.1) is 13.8 Å². The first-order valence-corrected chi connectivity index (χ1v) is 7.97. The molecule has 0 bridgehead atoms. The zero-order chi connectivity index (χ0) is 13.8. The summed E-state index contributed by atoms with van der Waals surface area (Å²) in [6.07, 6.45) is 3.41. The van der Waals surface area contributed by atoms with Gasteiger partial charge in [0, 0.05) is 10.7 Å². The molecule has 0 saturated heterocycles. The highest BCUT2D eigenvalue weighted by Crippen LogP contribution is 2.31. The Balaban J connectivity index is 3.05. The van der Waals surface area contributed by atoms with E-state index >= 15 is 0 Å². The highest BCUT2D eigenvalue weighted by atomic mass is 35.7. The van der Waals surface area contributed by atoms with Crippen LogP contribution in [0.2, 0.25) is 0 Å². The Hall–Kier alpha value is -1.00. The predicted molar refractivity (Wildman–Crippen MR) is 73.9 cm³/mol. The average Bonchev–Trinajstić information content (AvgIpc) is 2.24. The molecule has 1 rings (SSSR count). The van der Waals surface area contributed by atoms with Gasteiger partial charge in [0.15, 0.2) is 0 Å². The zero-order valence-electron chi connectivity index (χ0n) is 10.6. The molecule has 0 saturated carbocycles. The van der Waals surface area contributed by atoms with Gasteiger partial charge in [0.1, 0.15) is 10.6 Å². The maximum atomic E-state index is 11.5. The van der Waals surface area contributed by atoms with Crippen LogP contribution in [0.5, 0.6) is 5.75 Å². The van der Waals surface area contributed by atoms with E-state index in [4.69, 9.17) is 15.4 Å². The number of halogens is 1. The van der Waals surface area contributed by atoms with E-state index in [1.54, 1.807) is 13.0 Å². The third kappa shape index (κ3) is 4.03. The van der Waals surface area contributed by atoms with Crippen LogP contribution in [0.3, 0.4) is 0 Å². The summed E-state index contributed by atoms with van der Waals surface area (Å²) in [7, 11) is 1.63. The summed E-state index contributed by atoms with van der Waals surface area (Å²) in [6.45, 7) is 7.68. The molecule has 18 heavy (non-hydrogen) atoms. The highest BCUT2D eigenvalue weighted by molar-refractivity contribution is 8.13. The standard InChI is InChI=1S/C13H17ClO3S/c1-4-5-6-7-17-13-11(3)8-10(2)9-12(13)18(14,15)16/h4,8-9H,1,5-7H2,2-3H3. The number of hydrogen-bond donors (Lipinski definition) is 0. The minimum Gasteiger partial charge on any atom is -0.492 e. The lowest BCUT2D eigenvalue weighted by Crippen LogP contribution is -2.04. The monoisotopic (exact) mass is 288 g/mol. The minimum atomic E-state index is -3.79. The van der Waals surface area contributed by atoms with Crippen molar-refractivity contribution in [3.8, 4) is 5.75 Å². The van der Waals surface area contributed by atoms with Crippen LogP contribution in [0.25, 0.3) is 0 Å². The molecule has 5 heteroatoms. The fourth-order valence-electron chi connectivity index (χ4n) is 1.68. The Morgan fingerprint density at radius 1 is 1.39 bits per heavy atom. The number of ether oxygens (including phenoxy) is 1. The lowest BCUT2D eigenvalue weighted by atomic mass is 10.1. The van der Waals surface area contributed by atoms with Crippen molar-refractivity contribution in [3.63, 3.8) is 0 Å². The molecule has 1 aromatic carbocycles. The summed E-state index contributed by atoms with van der Waals surface area (Å²) in [5, 5.41) is 0. The third-order valence-electron chi connectivity index (χ3n) is 2.45. The van der Waals surface area contributed by atoms with Crippen LogP contribution in [0.4, 0.5) is 0 Å². The molecule has 0 unspecified atom stereocenters. The Kier molecular flexibility index (Phi) is 5.23.